The number of aromatic nitrogens is 1. The van der Waals surface area contributed by atoms with Crippen molar-refractivity contribution in [3.05, 3.63) is 15.6 Å². The lowest BCUT2D eigenvalue weighted by molar-refractivity contribution is 0.102. The molecule has 0 saturated heterocycles. The molecular weight excluding hydrogens is 270 g/mol. The minimum atomic E-state index is -3.10. The van der Waals surface area contributed by atoms with Crippen molar-refractivity contribution in [2.24, 2.45) is 0 Å². The van der Waals surface area contributed by atoms with E-state index in [0.29, 0.717) is 22.0 Å². The highest BCUT2D eigenvalue weighted by molar-refractivity contribution is 7.90. The molecule has 0 fully saturated rings. The number of ketones is 1. The van der Waals surface area contributed by atoms with E-state index in [-0.39, 0.29) is 23.2 Å². The highest BCUT2D eigenvalue weighted by atomic mass is 32.2. The second-order valence-electron chi connectivity index (χ2n) is 4.62. The Morgan fingerprint density at radius 2 is 2.00 bits per heavy atom. The minimum Gasteiger partial charge on any atom is -0.294 e. The van der Waals surface area contributed by atoms with Crippen LogP contribution >= 0.6 is 11.3 Å². The molecule has 1 heterocycles. The molecule has 0 N–H and O–H groups in total. The highest BCUT2D eigenvalue weighted by Crippen LogP contribution is 2.26. The fourth-order valence-corrected chi connectivity index (χ4v) is 4.55. The van der Waals surface area contributed by atoms with E-state index in [1.165, 1.54) is 18.3 Å². The van der Waals surface area contributed by atoms with Crippen molar-refractivity contribution in [2.45, 2.75) is 45.8 Å². The number of hydrogen-bond acceptors (Lipinski definition) is 5. The topological polar surface area (TPSA) is 64.1 Å². The zero-order valence-corrected chi connectivity index (χ0v) is 12.8. The summed E-state index contributed by atoms with van der Waals surface area (Å²) in [5.74, 6) is 0.190. The molecule has 6 heteroatoms. The van der Waals surface area contributed by atoms with Crippen LogP contribution in [0.3, 0.4) is 0 Å². The maximum atomic E-state index is 11.7. The number of sulfone groups is 1. The number of hydrogen-bond donors (Lipinski definition) is 0. The van der Waals surface area contributed by atoms with Gasteiger partial charge in [-0.15, -0.1) is 11.3 Å². The molecule has 0 aliphatic heterocycles. The zero-order chi connectivity index (χ0) is 13.9. The maximum Gasteiger partial charge on any atom is 0.171 e. The lowest BCUT2D eigenvalue weighted by atomic mass is 10.1. The average molecular weight is 289 g/mol. The van der Waals surface area contributed by atoms with Crippen LogP contribution in [-0.2, 0) is 15.6 Å². The molecule has 0 spiro atoms. The van der Waals surface area contributed by atoms with Crippen LogP contribution in [-0.4, -0.2) is 24.9 Å². The molecule has 0 atom stereocenters. The molecule has 0 aromatic carbocycles. The van der Waals surface area contributed by atoms with Gasteiger partial charge in [-0.25, -0.2) is 13.4 Å². The molecule has 0 aliphatic rings. The molecule has 0 amide bonds. The molecule has 0 aliphatic carbocycles. The van der Waals surface area contributed by atoms with Gasteiger partial charge in [0.25, 0.3) is 0 Å². The van der Waals surface area contributed by atoms with Crippen molar-refractivity contribution < 1.29 is 13.2 Å². The number of carbonyl (C=O) groups is 1. The Balaban J connectivity index is 3.06. The SMILES string of the molecule is CCCS(=O)(=O)Cc1nc(C(C)C)c(C(C)=O)s1. The van der Waals surface area contributed by atoms with Crippen molar-refractivity contribution in [3.63, 3.8) is 0 Å². The van der Waals surface area contributed by atoms with Crippen molar-refractivity contribution in [2.75, 3.05) is 5.75 Å². The summed E-state index contributed by atoms with van der Waals surface area (Å²) in [7, 11) is -3.10. The monoisotopic (exact) mass is 289 g/mol. The Morgan fingerprint density at radius 1 is 1.39 bits per heavy atom. The fourth-order valence-electron chi connectivity index (χ4n) is 1.65. The summed E-state index contributed by atoms with van der Waals surface area (Å²) in [6.07, 6.45) is 0.601. The third kappa shape index (κ3) is 3.88. The van der Waals surface area contributed by atoms with Crippen molar-refractivity contribution in [1.82, 2.24) is 4.98 Å². The molecule has 4 nitrogen and oxygen atoms in total. The Bertz CT molecular complexity index is 530. The Morgan fingerprint density at radius 3 is 2.39 bits per heavy atom. The van der Waals surface area contributed by atoms with E-state index < -0.39 is 9.84 Å². The van der Waals surface area contributed by atoms with Gasteiger partial charge in [0.1, 0.15) is 10.8 Å². The Kier molecular flexibility index (Phi) is 5.04. The minimum absolute atomic E-state index is 0.0460. The molecule has 0 bridgehead atoms. The number of thiazole rings is 1. The summed E-state index contributed by atoms with van der Waals surface area (Å²) in [4.78, 5) is 16.4. The third-order valence-corrected chi connectivity index (χ3v) is 5.52. The van der Waals surface area contributed by atoms with Crippen LogP contribution in [0.5, 0.6) is 0 Å². The standard InChI is InChI=1S/C12H19NO3S2/c1-5-6-18(15,16)7-10-13-11(8(2)3)12(17-10)9(4)14/h8H,5-7H2,1-4H3. The predicted molar refractivity (Wildman–Crippen MR) is 74.0 cm³/mol. The van der Waals surface area contributed by atoms with E-state index in [2.05, 4.69) is 4.98 Å². The van der Waals surface area contributed by atoms with Gasteiger partial charge in [-0.1, -0.05) is 20.8 Å². The van der Waals surface area contributed by atoms with Crippen molar-refractivity contribution in [1.29, 1.82) is 0 Å². The summed E-state index contributed by atoms with van der Waals surface area (Å²) in [6, 6.07) is 0. The molecule has 0 radical (unpaired) electrons. The zero-order valence-electron chi connectivity index (χ0n) is 11.2. The second-order valence-corrected chi connectivity index (χ2v) is 7.89. The van der Waals surface area contributed by atoms with Gasteiger partial charge in [0, 0.05) is 6.92 Å². The van der Waals surface area contributed by atoms with Gasteiger partial charge in [-0.05, 0) is 12.3 Å². The Labute approximate surface area is 112 Å². The normalized spacial score (nSPS) is 12.1. The van der Waals surface area contributed by atoms with Gasteiger partial charge in [0.2, 0.25) is 0 Å². The van der Waals surface area contributed by atoms with E-state index in [1.54, 1.807) is 0 Å². The highest BCUT2D eigenvalue weighted by Gasteiger charge is 2.20. The summed E-state index contributed by atoms with van der Waals surface area (Å²) in [6.45, 7) is 7.22. The Hall–Kier alpha value is -0.750. The maximum absolute atomic E-state index is 11.7. The molecule has 102 valence electrons. The summed E-state index contributed by atoms with van der Waals surface area (Å²) in [5, 5.41) is 0.525. The number of Topliss-reactive ketones (excluding diaryl/α,β-unsaturated/α-hetero) is 1. The van der Waals surface area contributed by atoms with Crippen LogP contribution in [0.15, 0.2) is 0 Å². The first-order valence-corrected chi connectivity index (χ1v) is 8.61. The quantitative estimate of drug-likeness (QED) is 0.755. The average Bonchev–Trinajstić information content (AvgIpc) is 2.60. The van der Waals surface area contributed by atoms with E-state index >= 15 is 0 Å². The molecule has 1 rings (SSSR count). The first-order valence-electron chi connectivity index (χ1n) is 5.97. The first kappa shape index (κ1) is 15.3. The fraction of sp³-hybridized carbons (Fsp3) is 0.667. The van der Waals surface area contributed by atoms with Crippen LogP contribution in [0.4, 0.5) is 0 Å². The lowest BCUT2D eigenvalue weighted by Gasteiger charge is -2.01. The molecule has 1 aromatic heterocycles. The molecule has 18 heavy (non-hydrogen) atoms. The number of nitrogens with zero attached hydrogens (tertiary/aromatic N) is 1. The van der Waals surface area contributed by atoms with E-state index in [1.807, 2.05) is 20.8 Å². The summed E-state index contributed by atoms with van der Waals surface area (Å²) >= 11 is 1.21. The van der Waals surface area contributed by atoms with E-state index in [4.69, 9.17) is 0 Å². The van der Waals surface area contributed by atoms with Crippen LogP contribution < -0.4 is 0 Å². The number of carbonyl (C=O) groups excluding carboxylic acids is 1. The van der Waals surface area contributed by atoms with Gasteiger partial charge in [0.05, 0.1) is 16.3 Å². The van der Waals surface area contributed by atoms with Gasteiger partial charge >= 0.3 is 0 Å². The predicted octanol–water partition coefficient (Wildman–Crippen LogP) is 2.79. The van der Waals surface area contributed by atoms with Crippen molar-refractivity contribution >= 4 is 27.0 Å². The van der Waals surface area contributed by atoms with Crippen LogP contribution in [0.2, 0.25) is 0 Å². The van der Waals surface area contributed by atoms with Gasteiger partial charge in [-0.2, -0.15) is 0 Å². The lowest BCUT2D eigenvalue weighted by Crippen LogP contribution is -2.08. The number of rotatable bonds is 6. The summed E-state index contributed by atoms with van der Waals surface area (Å²) < 4.78 is 23.5. The molecule has 0 unspecified atom stereocenters. The van der Waals surface area contributed by atoms with E-state index in [0.717, 1.165) is 0 Å². The molecule has 0 saturated carbocycles. The van der Waals surface area contributed by atoms with Crippen LogP contribution in [0.25, 0.3) is 0 Å². The smallest absolute Gasteiger partial charge is 0.171 e. The van der Waals surface area contributed by atoms with E-state index in [9.17, 15) is 13.2 Å². The molecular formula is C12H19NO3S2. The second kappa shape index (κ2) is 5.93. The van der Waals surface area contributed by atoms with Crippen LogP contribution in [0.1, 0.15) is 60.4 Å². The van der Waals surface area contributed by atoms with Gasteiger partial charge < -0.3 is 0 Å². The first-order chi connectivity index (χ1) is 8.26. The van der Waals surface area contributed by atoms with Gasteiger partial charge in [0.15, 0.2) is 15.6 Å². The van der Waals surface area contributed by atoms with Crippen molar-refractivity contribution in [3.8, 4) is 0 Å². The third-order valence-electron chi connectivity index (χ3n) is 2.42. The largest absolute Gasteiger partial charge is 0.294 e. The summed E-state index contributed by atoms with van der Waals surface area (Å²) in [5.41, 5.74) is 0.717. The van der Waals surface area contributed by atoms with Gasteiger partial charge in [-0.3, -0.25) is 4.79 Å². The molecule has 1 aromatic rings. The van der Waals surface area contributed by atoms with Crippen LogP contribution in [0, 0.1) is 0 Å².